The molecule has 1 nitrogen and oxygen atoms in total. The first kappa shape index (κ1) is 10.1. The Bertz CT molecular complexity index is 1670. The summed E-state index contributed by atoms with van der Waals surface area (Å²) >= 11 is 1.70. The summed E-state index contributed by atoms with van der Waals surface area (Å²) in [6.07, 6.45) is 0. The molecule has 0 atom stereocenters. The second-order valence-electron chi connectivity index (χ2n) is 6.35. The average Bonchev–Trinajstić information content (AvgIpc) is 3.34. The number of hydrogen-bond acceptors (Lipinski definition) is 1. The van der Waals surface area contributed by atoms with Crippen molar-refractivity contribution in [3.63, 3.8) is 0 Å². The molecule has 6 aromatic rings. The largest absolute Gasteiger partial charge is 0.353 e. The highest BCUT2D eigenvalue weighted by molar-refractivity contribution is 7.26. The molecule has 0 fully saturated rings. The number of hydrogen-bond donors (Lipinski definition) is 1. The van der Waals surface area contributed by atoms with Crippen LogP contribution >= 0.6 is 11.3 Å². The van der Waals surface area contributed by atoms with Crippen molar-refractivity contribution in [2.45, 2.75) is 0 Å². The fourth-order valence-corrected chi connectivity index (χ4v) is 4.89. The van der Waals surface area contributed by atoms with Crippen molar-refractivity contribution in [3.05, 3.63) is 84.8 Å². The lowest BCUT2D eigenvalue weighted by Gasteiger charge is -2.01. The molecule has 0 aliphatic heterocycles. The van der Waals surface area contributed by atoms with Gasteiger partial charge in [-0.1, -0.05) is 66.6 Å². The molecule has 0 saturated carbocycles. The quantitative estimate of drug-likeness (QED) is 0.317. The van der Waals surface area contributed by atoms with Crippen molar-refractivity contribution in [3.8, 4) is 11.1 Å². The number of fused-ring (bicyclic) bond motifs is 7. The lowest BCUT2D eigenvalue weighted by Crippen LogP contribution is -1.76. The summed E-state index contributed by atoms with van der Waals surface area (Å²) in [4.78, 5) is 3.55. The average molecular weight is 354 g/mol. The molecule has 0 amide bonds. The molecular weight excluding hydrogens is 334 g/mol. The monoisotopic (exact) mass is 354 g/mol. The molecule has 2 heterocycles. The minimum Gasteiger partial charge on any atom is -0.353 e. The minimum absolute atomic E-state index is 0.178. The van der Waals surface area contributed by atoms with Crippen LogP contribution in [0, 0.1) is 0 Å². The zero-order chi connectivity index (χ0) is 21.4. The Labute approximate surface area is 161 Å². The highest BCUT2D eigenvalue weighted by Gasteiger charge is 2.12. The van der Waals surface area contributed by atoms with Crippen molar-refractivity contribution in [2.24, 2.45) is 0 Å². The Hall–Kier alpha value is -3.10. The van der Waals surface area contributed by atoms with Crippen LogP contribution in [0.5, 0.6) is 0 Å². The van der Waals surface area contributed by atoms with E-state index in [2.05, 4.69) is 29.2 Å². The number of para-hydroxylation sites is 1. The van der Waals surface area contributed by atoms with Crippen molar-refractivity contribution >= 4 is 53.3 Å². The fraction of sp³-hybridized carbons (Fsp3) is 0. The van der Waals surface area contributed by atoms with Crippen LogP contribution in [0.15, 0.2) is 84.8 Å². The van der Waals surface area contributed by atoms with Gasteiger partial charge in [-0.15, -0.1) is 11.3 Å². The normalized spacial score (nSPS) is 14.5. The van der Waals surface area contributed by atoms with Crippen LogP contribution in [0.3, 0.4) is 0 Å². The Kier molecular flexibility index (Phi) is 2.03. The predicted molar refractivity (Wildman–Crippen MR) is 114 cm³/mol. The van der Waals surface area contributed by atoms with Gasteiger partial charge in [0, 0.05) is 31.8 Å². The molecule has 0 spiro atoms. The van der Waals surface area contributed by atoms with Crippen LogP contribution in [0.1, 0.15) is 6.85 Å². The molecule has 2 aromatic heterocycles. The summed E-state index contributed by atoms with van der Waals surface area (Å²) in [5.41, 5.74) is 3.06. The molecule has 6 rings (SSSR count). The fourth-order valence-electron chi connectivity index (χ4n) is 3.70. The third kappa shape index (κ3) is 1.91. The smallest absolute Gasteiger partial charge is 0.0646 e. The molecule has 26 heavy (non-hydrogen) atoms. The zero-order valence-corrected chi connectivity index (χ0v) is 14.4. The highest BCUT2D eigenvalue weighted by Crippen LogP contribution is 2.41. The van der Waals surface area contributed by atoms with E-state index < -0.39 is 0 Å². The second-order valence-corrected chi connectivity index (χ2v) is 7.40. The van der Waals surface area contributed by atoms with Crippen molar-refractivity contribution in [2.75, 3.05) is 0 Å². The van der Waals surface area contributed by atoms with Gasteiger partial charge in [0.15, 0.2) is 0 Å². The van der Waals surface area contributed by atoms with E-state index >= 15 is 0 Å². The van der Waals surface area contributed by atoms with Crippen molar-refractivity contribution < 1.29 is 6.85 Å². The first-order chi connectivity index (χ1) is 15.0. The van der Waals surface area contributed by atoms with Gasteiger partial charge < -0.3 is 4.98 Å². The van der Waals surface area contributed by atoms with E-state index in [0.717, 1.165) is 31.2 Å². The number of benzene rings is 4. The second kappa shape index (κ2) is 5.20. The molecule has 0 radical (unpaired) electrons. The van der Waals surface area contributed by atoms with Crippen LogP contribution < -0.4 is 0 Å². The van der Waals surface area contributed by atoms with Gasteiger partial charge in [-0.05, 0) is 29.3 Å². The first-order valence-corrected chi connectivity index (χ1v) is 9.20. The molecule has 4 aromatic carbocycles. The van der Waals surface area contributed by atoms with Crippen molar-refractivity contribution in [1.82, 2.24) is 4.98 Å². The number of thiophene rings is 1. The summed E-state index contributed by atoms with van der Waals surface area (Å²) in [5, 5.41) is 4.48. The Morgan fingerprint density at radius 2 is 1.58 bits per heavy atom. The van der Waals surface area contributed by atoms with E-state index in [1.807, 2.05) is 30.3 Å². The van der Waals surface area contributed by atoms with Crippen LogP contribution in [0.4, 0.5) is 0 Å². The van der Waals surface area contributed by atoms with Crippen LogP contribution in [-0.2, 0) is 0 Å². The maximum Gasteiger partial charge on any atom is 0.0646 e. The number of nitrogens with one attached hydrogen (secondary N) is 1. The number of H-pyrrole nitrogens is 1. The summed E-state index contributed by atoms with van der Waals surface area (Å²) in [6.45, 7) is 0. The summed E-state index contributed by atoms with van der Waals surface area (Å²) in [7, 11) is 0. The van der Waals surface area contributed by atoms with E-state index in [-0.39, 0.29) is 35.8 Å². The minimum atomic E-state index is -0.373. The van der Waals surface area contributed by atoms with Gasteiger partial charge in [0.2, 0.25) is 0 Å². The van der Waals surface area contributed by atoms with E-state index in [1.54, 1.807) is 11.3 Å². The van der Waals surface area contributed by atoms with Gasteiger partial charge in [0.1, 0.15) is 0 Å². The molecule has 0 saturated heterocycles. The van der Waals surface area contributed by atoms with Gasteiger partial charge in [-0.25, -0.2) is 0 Å². The predicted octanol–water partition coefficient (Wildman–Crippen LogP) is 7.36. The molecule has 0 aliphatic carbocycles. The summed E-state index contributed by atoms with van der Waals surface area (Å²) < 4.78 is 42.7. The van der Waals surface area contributed by atoms with E-state index in [4.69, 9.17) is 6.85 Å². The van der Waals surface area contributed by atoms with Gasteiger partial charge in [0.25, 0.3) is 0 Å². The van der Waals surface area contributed by atoms with E-state index in [0.29, 0.717) is 5.56 Å². The van der Waals surface area contributed by atoms with Gasteiger partial charge in [-0.2, -0.15) is 0 Å². The van der Waals surface area contributed by atoms with Crippen molar-refractivity contribution in [1.29, 1.82) is 0 Å². The number of aromatic nitrogens is 1. The molecule has 2 heteroatoms. The van der Waals surface area contributed by atoms with E-state index in [1.165, 1.54) is 10.8 Å². The summed E-state index contributed by atoms with van der Waals surface area (Å²) in [6, 6.07) is 16.9. The Morgan fingerprint density at radius 1 is 0.731 bits per heavy atom. The molecular formula is C24H15NS. The van der Waals surface area contributed by atoms with Crippen LogP contribution in [-0.4, -0.2) is 4.98 Å². The van der Waals surface area contributed by atoms with Gasteiger partial charge in [0.05, 0.1) is 17.1 Å². The first-order valence-electron chi connectivity index (χ1n) is 10.9. The maximum atomic E-state index is 8.30. The lowest BCUT2D eigenvalue weighted by atomic mass is 10.0. The maximum absolute atomic E-state index is 8.30. The third-order valence-electron chi connectivity index (χ3n) is 4.91. The molecule has 122 valence electrons. The molecule has 1 N–H and O–H groups in total. The molecule has 0 aliphatic rings. The topological polar surface area (TPSA) is 15.8 Å². The number of rotatable bonds is 1. The zero-order valence-electron chi connectivity index (χ0n) is 18.6. The molecule has 0 unspecified atom stereocenters. The third-order valence-corrected chi connectivity index (χ3v) is 6.11. The summed E-state index contributed by atoms with van der Waals surface area (Å²) in [5.74, 6) is 0. The van der Waals surface area contributed by atoms with Gasteiger partial charge in [-0.3, -0.25) is 0 Å². The van der Waals surface area contributed by atoms with Crippen LogP contribution in [0.25, 0.3) is 53.1 Å². The number of aromatic amines is 1. The highest BCUT2D eigenvalue weighted by atomic mass is 32.1. The SMILES string of the molecule is [2H]c1c([2H])c([2H])c(-c2ccc3sc4c(ccc5c6ccccc6[nH]c54)c3c2)c([2H])c1[2H]. The Morgan fingerprint density at radius 3 is 2.50 bits per heavy atom. The Balaban J connectivity index is 1.67. The van der Waals surface area contributed by atoms with E-state index in [9.17, 15) is 0 Å². The standard InChI is InChI=1S/C24H15NS/c1-2-6-15(7-3-1)16-10-13-22-20(14-16)19-12-11-18-17-8-4-5-9-21(17)25-23(18)24(19)26-22/h1-14,25H/i1D,2D,3D,6D,7D. The van der Waals surface area contributed by atoms with Crippen LogP contribution in [0.2, 0.25) is 0 Å². The lowest BCUT2D eigenvalue weighted by molar-refractivity contribution is 1.57. The van der Waals surface area contributed by atoms with Gasteiger partial charge >= 0.3 is 0 Å². The molecule has 0 bridgehead atoms.